The van der Waals surface area contributed by atoms with Crippen molar-refractivity contribution in [2.24, 2.45) is 7.05 Å². The molecule has 27 heavy (non-hydrogen) atoms. The van der Waals surface area contributed by atoms with E-state index in [2.05, 4.69) is 36.0 Å². The molecule has 1 aromatic heterocycles. The van der Waals surface area contributed by atoms with E-state index in [9.17, 15) is 4.79 Å². The van der Waals surface area contributed by atoms with Gasteiger partial charge in [0, 0.05) is 31.4 Å². The lowest BCUT2D eigenvalue weighted by molar-refractivity contribution is -0.124. The van der Waals surface area contributed by atoms with Crippen molar-refractivity contribution in [3.63, 3.8) is 0 Å². The summed E-state index contributed by atoms with van der Waals surface area (Å²) in [5.41, 5.74) is 7.61. The third kappa shape index (κ3) is 4.46. The number of carbonyl (C=O) groups is 1. The minimum atomic E-state index is -0.526. The largest absolute Gasteiger partial charge is 0.296 e. The quantitative estimate of drug-likeness (QED) is 0.467. The summed E-state index contributed by atoms with van der Waals surface area (Å²) < 4.78 is 1.97. The third-order valence-corrected chi connectivity index (χ3v) is 5.53. The van der Waals surface area contributed by atoms with E-state index >= 15 is 0 Å². The van der Waals surface area contributed by atoms with Gasteiger partial charge in [-0.1, -0.05) is 24.3 Å². The maximum absolute atomic E-state index is 11.1. The van der Waals surface area contributed by atoms with Crippen LogP contribution < -0.4 is 5.48 Å². The van der Waals surface area contributed by atoms with E-state index in [1.807, 2.05) is 23.9 Å². The summed E-state index contributed by atoms with van der Waals surface area (Å²) in [7, 11) is 2.00. The van der Waals surface area contributed by atoms with Gasteiger partial charge in [0.15, 0.2) is 0 Å². The number of hydroxylamine groups is 1. The van der Waals surface area contributed by atoms with Crippen molar-refractivity contribution >= 4 is 12.0 Å². The summed E-state index contributed by atoms with van der Waals surface area (Å²) >= 11 is 0. The number of amides is 1. The molecule has 1 aliphatic heterocycles. The molecule has 6 nitrogen and oxygen atoms in total. The fourth-order valence-electron chi connectivity index (χ4n) is 3.94. The maximum atomic E-state index is 11.1. The molecule has 1 amide bonds. The van der Waals surface area contributed by atoms with E-state index in [-0.39, 0.29) is 0 Å². The molecule has 0 unspecified atom stereocenters. The fraction of sp³-hybridized carbons (Fsp3) is 0.429. The smallest absolute Gasteiger partial charge is 0.267 e. The van der Waals surface area contributed by atoms with Crippen LogP contribution in [0.1, 0.15) is 47.0 Å². The Hall–Kier alpha value is -2.44. The lowest BCUT2D eigenvalue weighted by Crippen LogP contribution is -2.26. The molecule has 1 saturated heterocycles. The van der Waals surface area contributed by atoms with Crippen molar-refractivity contribution in [3.8, 4) is 0 Å². The van der Waals surface area contributed by atoms with Crippen LogP contribution in [0, 0.1) is 13.8 Å². The number of nitrogens with zero attached hydrogens (tertiary/aromatic N) is 3. The van der Waals surface area contributed by atoms with Gasteiger partial charge in [0.05, 0.1) is 5.69 Å². The van der Waals surface area contributed by atoms with Gasteiger partial charge in [-0.2, -0.15) is 5.10 Å². The highest BCUT2D eigenvalue weighted by atomic mass is 16.5. The molecule has 1 atom stereocenters. The first kappa shape index (κ1) is 19.3. The molecule has 2 N–H and O–H groups in total. The first-order chi connectivity index (χ1) is 13.0. The average molecular weight is 368 g/mol. The lowest BCUT2D eigenvalue weighted by Gasteiger charge is -2.25. The van der Waals surface area contributed by atoms with Gasteiger partial charge in [-0.3, -0.25) is 19.6 Å². The minimum absolute atomic E-state index is 0.445. The number of benzene rings is 1. The molecule has 0 spiro atoms. The van der Waals surface area contributed by atoms with Crippen molar-refractivity contribution in [2.45, 2.75) is 39.2 Å². The minimum Gasteiger partial charge on any atom is -0.296 e. The average Bonchev–Trinajstić information content (AvgIpc) is 3.23. The molecule has 1 fully saturated rings. The van der Waals surface area contributed by atoms with Crippen molar-refractivity contribution in [3.05, 3.63) is 58.4 Å². The van der Waals surface area contributed by atoms with Gasteiger partial charge in [0.2, 0.25) is 0 Å². The molecule has 2 aromatic rings. The molecular formula is C21H28N4O2. The van der Waals surface area contributed by atoms with Crippen LogP contribution in [-0.4, -0.2) is 38.9 Å². The normalized spacial score (nSPS) is 17.7. The number of likely N-dealkylation sites (tertiary alicyclic amines) is 1. The lowest BCUT2D eigenvalue weighted by atomic mass is 10.0. The van der Waals surface area contributed by atoms with Crippen LogP contribution in [0.3, 0.4) is 0 Å². The molecule has 1 aliphatic rings. The number of carbonyl (C=O) groups excluding carboxylic acids is 1. The van der Waals surface area contributed by atoms with Crippen LogP contribution in [0.25, 0.3) is 6.08 Å². The molecule has 6 heteroatoms. The molecule has 0 saturated carbocycles. The third-order valence-electron chi connectivity index (χ3n) is 5.53. The summed E-state index contributed by atoms with van der Waals surface area (Å²) in [6.45, 7) is 6.39. The van der Waals surface area contributed by atoms with Gasteiger partial charge < -0.3 is 0 Å². The van der Waals surface area contributed by atoms with Gasteiger partial charge in [-0.05, 0) is 62.4 Å². The molecule has 2 heterocycles. The molecule has 3 rings (SSSR count). The Morgan fingerprint density at radius 2 is 2.07 bits per heavy atom. The standard InChI is InChI=1S/C21H28N4O2/c1-15-19(16(2)24(3)22-15)12-14-25-13-4-5-20(25)18-9-6-17(7-10-18)8-11-21(26)23-27/h6-11,20,27H,4-5,12-14H2,1-3H3,(H,23,26)/b11-8+/t20-/m1/s1. The van der Waals surface area contributed by atoms with Crippen LogP contribution in [0.4, 0.5) is 0 Å². The Bertz CT molecular complexity index is 823. The first-order valence-corrected chi connectivity index (χ1v) is 9.45. The summed E-state index contributed by atoms with van der Waals surface area (Å²) in [6, 6.07) is 8.76. The fourth-order valence-corrected chi connectivity index (χ4v) is 3.94. The summed E-state index contributed by atoms with van der Waals surface area (Å²) in [5.74, 6) is -0.526. The maximum Gasteiger partial charge on any atom is 0.267 e. The van der Waals surface area contributed by atoms with E-state index in [0.717, 1.165) is 30.8 Å². The first-order valence-electron chi connectivity index (χ1n) is 9.45. The van der Waals surface area contributed by atoms with Crippen LogP contribution in [0.2, 0.25) is 0 Å². The van der Waals surface area contributed by atoms with E-state index in [1.54, 1.807) is 11.6 Å². The van der Waals surface area contributed by atoms with Crippen molar-refractivity contribution in [1.29, 1.82) is 0 Å². The Morgan fingerprint density at radius 1 is 1.33 bits per heavy atom. The van der Waals surface area contributed by atoms with E-state index in [4.69, 9.17) is 5.21 Å². The number of aryl methyl sites for hydroxylation is 2. The summed E-state index contributed by atoms with van der Waals surface area (Å²) in [4.78, 5) is 13.6. The van der Waals surface area contributed by atoms with Crippen LogP contribution >= 0.6 is 0 Å². The Morgan fingerprint density at radius 3 is 2.70 bits per heavy atom. The van der Waals surface area contributed by atoms with Gasteiger partial charge >= 0.3 is 0 Å². The second kappa shape index (κ2) is 8.50. The van der Waals surface area contributed by atoms with E-state index in [0.29, 0.717) is 6.04 Å². The second-order valence-electron chi connectivity index (χ2n) is 7.19. The Kier molecular flexibility index (Phi) is 6.08. The zero-order valence-electron chi connectivity index (χ0n) is 16.3. The van der Waals surface area contributed by atoms with E-state index < -0.39 is 5.91 Å². The molecule has 144 valence electrons. The van der Waals surface area contributed by atoms with Gasteiger partial charge in [0.1, 0.15) is 0 Å². The van der Waals surface area contributed by atoms with Crippen LogP contribution in [-0.2, 0) is 18.3 Å². The Balaban J connectivity index is 1.65. The van der Waals surface area contributed by atoms with Crippen molar-refractivity contribution in [2.75, 3.05) is 13.1 Å². The van der Waals surface area contributed by atoms with Crippen molar-refractivity contribution < 1.29 is 10.0 Å². The van der Waals surface area contributed by atoms with Gasteiger partial charge in [-0.25, -0.2) is 5.48 Å². The topological polar surface area (TPSA) is 70.4 Å². The second-order valence-corrected chi connectivity index (χ2v) is 7.19. The summed E-state index contributed by atoms with van der Waals surface area (Å²) in [6.07, 6.45) is 6.42. The highest BCUT2D eigenvalue weighted by Crippen LogP contribution is 2.32. The molecule has 1 aromatic carbocycles. The molecular weight excluding hydrogens is 340 g/mol. The number of hydrogen-bond acceptors (Lipinski definition) is 4. The molecule has 0 bridgehead atoms. The molecule has 0 aliphatic carbocycles. The number of rotatable bonds is 6. The van der Waals surface area contributed by atoms with Gasteiger partial charge in [-0.15, -0.1) is 0 Å². The monoisotopic (exact) mass is 368 g/mol. The predicted molar refractivity (Wildman–Crippen MR) is 105 cm³/mol. The van der Waals surface area contributed by atoms with E-state index in [1.165, 1.54) is 35.7 Å². The summed E-state index contributed by atoms with van der Waals surface area (Å²) in [5, 5.41) is 13.1. The van der Waals surface area contributed by atoms with Gasteiger partial charge in [0.25, 0.3) is 5.91 Å². The highest BCUT2D eigenvalue weighted by molar-refractivity contribution is 5.90. The number of aromatic nitrogens is 2. The number of hydrogen-bond donors (Lipinski definition) is 2. The van der Waals surface area contributed by atoms with Crippen molar-refractivity contribution in [1.82, 2.24) is 20.2 Å². The number of nitrogens with one attached hydrogen (secondary N) is 1. The zero-order valence-corrected chi connectivity index (χ0v) is 16.3. The molecule has 0 radical (unpaired) electrons. The Labute approximate surface area is 160 Å². The van der Waals surface area contributed by atoms with Crippen LogP contribution in [0.15, 0.2) is 30.3 Å². The SMILES string of the molecule is Cc1nn(C)c(C)c1CCN1CCC[C@@H]1c1ccc(/C=C/C(=O)NO)cc1. The van der Waals surface area contributed by atoms with Crippen LogP contribution in [0.5, 0.6) is 0 Å². The zero-order chi connectivity index (χ0) is 19.4. The predicted octanol–water partition coefficient (Wildman–Crippen LogP) is 2.94. The highest BCUT2D eigenvalue weighted by Gasteiger charge is 2.26.